The van der Waals surface area contributed by atoms with Gasteiger partial charge in [-0.25, -0.2) is 0 Å². The Kier molecular flexibility index (Phi) is 5.15. The summed E-state index contributed by atoms with van der Waals surface area (Å²) in [5, 5.41) is 13.6. The van der Waals surface area contributed by atoms with E-state index in [9.17, 15) is 14.9 Å². The summed E-state index contributed by atoms with van der Waals surface area (Å²) >= 11 is 3.27. The van der Waals surface area contributed by atoms with E-state index >= 15 is 0 Å². The number of hydrogen-bond donors (Lipinski definition) is 1. The van der Waals surface area contributed by atoms with E-state index in [0.29, 0.717) is 10.2 Å². The second-order valence-electron chi connectivity index (χ2n) is 6.14. The molecule has 2 aromatic rings. The third-order valence-corrected chi connectivity index (χ3v) is 5.12. The maximum atomic E-state index is 12.4. The zero-order valence-corrected chi connectivity index (χ0v) is 15.3. The Bertz CT molecular complexity index is 825. The number of anilines is 1. The van der Waals surface area contributed by atoms with Crippen molar-refractivity contribution >= 4 is 33.2 Å². The van der Waals surface area contributed by atoms with Gasteiger partial charge in [0.2, 0.25) is 5.91 Å². The minimum atomic E-state index is -0.471. The molecule has 0 radical (unpaired) electrons. The van der Waals surface area contributed by atoms with E-state index < -0.39 is 4.92 Å². The molecule has 1 aliphatic carbocycles. The molecule has 0 heterocycles. The van der Waals surface area contributed by atoms with Crippen LogP contribution in [-0.2, 0) is 11.2 Å². The highest BCUT2D eigenvalue weighted by molar-refractivity contribution is 9.10. The summed E-state index contributed by atoms with van der Waals surface area (Å²) in [7, 11) is 1.94. The van der Waals surface area contributed by atoms with Crippen LogP contribution in [-0.4, -0.2) is 29.3 Å². The predicted molar refractivity (Wildman–Crippen MR) is 99.6 cm³/mol. The number of nitro benzene ring substituents is 1. The quantitative estimate of drug-likeness (QED) is 0.606. The SMILES string of the molecule is CN(CC(=O)Nc1ccc([N+](=O)[O-])cc1Br)C1CCc2ccccc21. The van der Waals surface area contributed by atoms with Crippen molar-refractivity contribution in [2.75, 3.05) is 18.9 Å². The summed E-state index contributed by atoms with van der Waals surface area (Å²) in [5.41, 5.74) is 3.13. The lowest BCUT2D eigenvalue weighted by molar-refractivity contribution is -0.384. The number of aryl methyl sites for hydroxylation is 1. The molecule has 1 atom stereocenters. The van der Waals surface area contributed by atoms with Crippen LogP contribution < -0.4 is 5.32 Å². The molecule has 25 heavy (non-hydrogen) atoms. The van der Waals surface area contributed by atoms with Gasteiger partial charge in [0.15, 0.2) is 0 Å². The van der Waals surface area contributed by atoms with Crippen molar-refractivity contribution in [2.45, 2.75) is 18.9 Å². The first kappa shape index (κ1) is 17.6. The molecule has 0 fully saturated rings. The molecule has 1 unspecified atom stereocenters. The fourth-order valence-corrected chi connectivity index (χ4v) is 3.70. The lowest BCUT2D eigenvalue weighted by Gasteiger charge is -2.24. The minimum absolute atomic E-state index is 0.0236. The van der Waals surface area contributed by atoms with Gasteiger partial charge in [0, 0.05) is 22.6 Å². The number of rotatable bonds is 5. The number of carbonyl (C=O) groups is 1. The number of amides is 1. The molecule has 130 valence electrons. The Labute approximate surface area is 154 Å². The van der Waals surface area contributed by atoms with E-state index in [4.69, 9.17) is 0 Å². The molecule has 0 aliphatic heterocycles. The average Bonchev–Trinajstić information content (AvgIpc) is 3.00. The summed E-state index contributed by atoms with van der Waals surface area (Å²) in [6.45, 7) is 0.252. The van der Waals surface area contributed by atoms with Gasteiger partial charge >= 0.3 is 0 Å². The topological polar surface area (TPSA) is 75.5 Å². The second-order valence-corrected chi connectivity index (χ2v) is 6.99. The maximum Gasteiger partial charge on any atom is 0.270 e. The molecule has 2 aromatic carbocycles. The summed E-state index contributed by atoms with van der Waals surface area (Å²) in [4.78, 5) is 24.7. The number of nitro groups is 1. The van der Waals surface area contributed by atoms with Gasteiger partial charge in [0.25, 0.3) is 5.69 Å². The third kappa shape index (κ3) is 3.88. The van der Waals surface area contributed by atoms with Gasteiger partial charge in [-0.1, -0.05) is 24.3 Å². The summed E-state index contributed by atoms with van der Waals surface area (Å²) in [6, 6.07) is 12.8. The minimum Gasteiger partial charge on any atom is -0.324 e. The first-order valence-electron chi connectivity index (χ1n) is 7.97. The largest absolute Gasteiger partial charge is 0.324 e. The molecule has 1 amide bonds. The molecule has 0 aromatic heterocycles. The van der Waals surface area contributed by atoms with Crippen LogP contribution >= 0.6 is 15.9 Å². The van der Waals surface area contributed by atoms with Gasteiger partial charge in [-0.2, -0.15) is 0 Å². The van der Waals surface area contributed by atoms with Crippen LogP contribution in [0.4, 0.5) is 11.4 Å². The van der Waals surface area contributed by atoms with Crippen molar-refractivity contribution in [3.8, 4) is 0 Å². The van der Waals surface area contributed by atoms with Crippen molar-refractivity contribution in [3.63, 3.8) is 0 Å². The third-order valence-electron chi connectivity index (χ3n) is 4.46. The molecule has 0 spiro atoms. The van der Waals surface area contributed by atoms with Crippen LogP contribution in [0, 0.1) is 10.1 Å². The smallest absolute Gasteiger partial charge is 0.270 e. The maximum absolute atomic E-state index is 12.4. The highest BCUT2D eigenvalue weighted by atomic mass is 79.9. The Balaban J connectivity index is 1.64. The fraction of sp³-hybridized carbons (Fsp3) is 0.278. The van der Waals surface area contributed by atoms with Crippen LogP contribution in [0.25, 0.3) is 0 Å². The van der Waals surface area contributed by atoms with Crippen molar-refractivity contribution in [1.82, 2.24) is 4.90 Å². The highest BCUT2D eigenvalue weighted by Crippen LogP contribution is 2.34. The predicted octanol–water partition coefficient (Wildman–Crippen LogP) is 3.92. The lowest BCUT2D eigenvalue weighted by atomic mass is 10.1. The van der Waals surface area contributed by atoms with Gasteiger partial charge in [0.1, 0.15) is 0 Å². The summed E-state index contributed by atoms with van der Waals surface area (Å²) < 4.78 is 0.490. The van der Waals surface area contributed by atoms with Gasteiger partial charge in [0.05, 0.1) is 17.2 Å². The first-order chi connectivity index (χ1) is 12.0. The van der Waals surface area contributed by atoms with Crippen molar-refractivity contribution in [1.29, 1.82) is 0 Å². The molecule has 1 N–H and O–H groups in total. The van der Waals surface area contributed by atoms with E-state index in [1.54, 1.807) is 0 Å². The number of hydrogen-bond acceptors (Lipinski definition) is 4. The van der Waals surface area contributed by atoms with Crippen LogP contribution in [0.1, 0.15) is 23.6 Å². The number of nitrogens with one attached hydrogen (secondary N) is 1. The number of benzene rings is 2. The Morgan fingerprint density at radius 2 is 2.12 bits per heavy atom. The van der Waals surface area contributed by atoms with Gasteiger partial charge in [-0.05, 0) is 53.0 Å². The monoisotopic (exact) mass is 403 g/mol. The van der Waals surface area contributed by atoms with Crippen molar-refractivity contribution in [3.05, 3.63) is 68.2 Å². The molecule has 0 bridgehead atoms. The van der Waals surface area contributed by atoms with E-state index in [2.05, 4.69) is 33.4 Å². The van der Waals surface area contributed by atoms with Crippen molar-refractivity contribution < 1.29 is 9.72 Å². The zero-order chi connectivity index (χ0) is 18.0. The molecule has 6 nitrogen and oxygen atoms in total. The molecular weight excluding hydrogens is 386 g/mol. The number of carbonyl (C=O) groups excluding carboxylic acids is 1. The van der Waals surface area contributed by atoms with E-state index in [0.717, 1.165) is 12.8 Å². The molecule has 0 saturated heterocycles. The van der Waals surface area contributed by atoms with Crippen LogP contribution in [0.15, 0.2) is 46.9 Å². The van der Waals surface area contributed by atoms with Gasteiger partial charge < -0.3 is 5.32 Å². The Morgan fingerprint density at radius 1 is 1.36 bits per heavy atom. The summed E-state index contributed by atoms with van der Waals surface area (Å²) in [5.74, 6) is -0.151. The number of likely N-dealkylation sites (N-methyl/N-ethyl adjacent to an activating group) is 1. The lowest BCUT2D eigenvalue weighted by Crippen LogP contribution is -2.32. The number of nitrogens with zero attached hydrogens (tertiary/aromatic N) is 2. The number of non-ortho nitro benzene ring substituents is 1. The summed E-state index contributed by atoms with van der Waals surface area (Å²) in [6.07, 6.45) is 2.03. The van der Waals surface area contributed by atoms with E-state index in [1.807, 2.05) is 24.1 Å². The van der Waals surface area contributed by atoms with Crippen LogP contribution in [0.5, 0.6) is 0 Å². The molecule has 0 saturated carbocycles. The van der Waals surface area contributed by atoms with E-state index in [1.165, 1.54) is 29.3 Å². The molecule has 3 rings (SSSR count). The highest BCUT2D eigenvalue weighted by Gasteiger charge is 2.26. The molecule has 1 aliphatic rings. The van der Waals surface area contributed by atoms with Crippen LogP contribution in [0.3, 0.4) is 0 Å². The van der Waals surface area contributed by atoms with Gasteiger partial charge in [-0.3, -0.25) is 19.8 Å². The fourth-order valence-electron chi connectivity index (χ4n) is 3.24. The normalized spacial score (nSPS) is 15.9. The average molecular weight is 404 g/mol. The van der Waals surface area contributed by atoms with E-state index in [-0.39, 0.29) is 24.2 Å². The standard InChI is InChI=1S/C18H18BrN3O3/c1-21(17-9-6-12-4-2-3-5-14(12)17)11-18(23)20-16-8-7-13(22(24)25)10-15(16)19/h2-5,7-8,10,17H,6,9,11H2,1H3,(H,20,23). The molecular formula is C18H18BrN3O3. The van der Waals surface area contributed by atoms with Crippen LogP contribution in [0.2, 0.25) is 0 Å². The Hall–Kier alpha value is -2.25. The first-order valence-corrected chi connectivity index (χ1v) is 8.77. The van der Waals surface area contributed by atoms with Gasteiger partial charge in [-0.15, -0.1) is 0 Å². The Morgan fingerprint density at radius 3 is 2.84 bits per heavy atom. The zero-order valence-electron chi connectivity index (χ0n) is 13.7. The number of fused-ring (bicyclic) bond motifs is 1. The number of halogens is 1. The molecule has 7 heteroatoms. The van der Waals surface area contributed by atoms with Crippen molar-refractivity contribution in [2.24, 2.45) is 0 Å². The second kappa shape index (κ2) is 7.33.